The highest BCUT2D eigenvalue weighted by molar-refractivity contribution is 7.15. The van der Waals surface area contributed by atoms with Crippen LogP contribution in [0.1, 0.15) is 22.2 Å². The van der Waals surface area contributed by atoms with E-state index in [9.17, 15) is 24.8 Å². The summed E-state index contributed by atoms with van der Waals surface area (Å²) in [4.78, 5) is 37.4. The van der Waals surface area contributed by atoms with Gasteiger partial charge >= 0.3 is 5.91 Å². The first-order valence-corrected chi connectivity index (χ1v) is 9.61. The summed E-state index contributed by atoms with van der Waals surface area (Å²) in [6.07, 6.45) is 0. The predicted octanol–water partition coefficient (Wildman–Crippen LogP) is 3.38. The van der Waals surface area contributed by atoms with Crippen LogP contribution in [0.3, 0.4) is 0 Å². The van der Waals surface area contributed by atoms with Gasteiger partial charge in [-0.3, -0.25) is 24.6 Å². The van der Waals surface area contributed by atoms with E-state index >= 15 is 0 Å². The van der Waals surface area contributed by atoms with Gasteiger partial charge in [-0.25, -0.2) is 0 Å². The first kappa shape index (κ1) is 19.4. The van der Waals surface area contributed by atoms with Crippen LogP contribution in [-0.4, -0.2) is 31.9 Å². The molecule has 2 aromatic carbocycles. The van der Waals surface area contributed by atoms with Crippen molar-refractivity contribution in [1.82, 2.24) is 10.2 Å². The summed E-state index contributed by atoms with van der Waals surface area (Å²) >= 11 is 1.13. The van der Waals surface area contributed by atoms with E-state index in [1.54, 1.807) is 37.3 Å². The molecule has 0 saturated carbocycles. The van der Waals surface area contributed by atoms with Crippen LogP contribution >= 0.6 is 11.3 Å². The molecule has 1 fully saturated rings. The second-order valence-corrected chi connectivity index (χ2v) is 7.65. The summed E-state index contributed by atoms with van der Waals surface area (Å²) in [5.74, 6) is -2.06. The molecule has 0 aliphatic carbocycles. The van der Waals surface area contributed by atoms with Gasteiger partial charge in [0.25, 0.3) is 11.5 Å². The van der Waals surface area contributed by atoms with Crippen LogP contribution in [0.25, 0.3) is 5.76 Å². The standard InChI is InChI=1S/C20H14N4O5S/c1-11-21-22-20(30-11)23-16(12-7-9-14(10-8-12)24(28)29)15(18(26)19(23)27)17(25)13-5-3-2-4-6-13/h2-10,16,25H,1H3/t16-/m1/s1. The van der Waals surface area contributed by atoms with Gasteiger partial charge in [0.1, 0.15) is 10.8 Å². The molecule has 0 radical (unpaired) electrons. The first-order valence-electron chi connectivity index (χ1n) is 8.79. The van der Waals surface area contributed by atoms with Crippen LogP contribution in [0.2, 0.25) is 0 Å². The van der Waals surface area contributed by atoms with Gasteiger partial charge < -0.3 is 5.11 Å². The smallest absolute Gasteiger partial charge is 0.301 e. The van der Waals surface area contributed by atoms with Crippen LogP contribution in [0.15, 0.2) is 60.2 Å². The largest absolute Gasteiger partial charge is 0.507 e. The molecular weight excluding hydrogens is 408 g/mol. The molecule has 1 atom stereocenters. The third kappa shape index (κ3) is 3.22. The second kappa shape index (κ2) is 7.48. The maximum absolute atomic E-state index is 12.9. The number of aromatic nitrogens is 2. The zero-order chi connectivity index (χ0) is 21.4. The summed E-state index contributed by atoms with van der Waals surface area (Å²) in [6, 6.07) is 12.8. The Morgan fingerprint density at radius 1 is 1.10 bits per heavy atom. The number of ketones is 1. The Bertz CT molecular complexity index is 1190. The number of hydrogen-bond donors (Lipinski definition) is 1. The number of non-ortho nitro benzene ring substituents is 1. The van der Waals surface area contributed by atoms with Gasteiger partial charge in [0.2, 0.25) is 5.13 Å². The Labute approximate surface area is 174 Å². The number of carbonyl (C=O) groups excluding carboxylic acids is 2. The van der Waals surface area contributed by atoms with E-state index in [0.717, 1.165) is 11.3 Å². The predicted molar refractivity (Wildman–Crippen MR) is 109 cm³/mol. The van der Waals surface area contributed by atoms with Crippen molar-refractivity contribution in [1.29, 1.82) is 0 Å². The lowest BCUT2D eigenvalue weighted by Gasteiger charge is -2.22. The number of benzene rings is 2. The van der Waals surface area contributed by atoms with Crippen LogP contribution in [0.5, 0.6) is 0 Å². The average molecular weight is 422 g/mol. The molecule has 4 rings (SSSR count). The zero-order valence-electron chi connectivity index (χ0n) is 15.6. The van der Waals surface area contributed by atoms with Crippen molar-refractivity contribution >= 4 is 39.6 Å². The quantitative estimate of drug-likeness (QED) is 0.224. The molecule has 1 aliphatic heterocycles. The van der Waals surface area contributed by atoms with Crippen molar-refractivity contribution in [3.05, 3.63) is 86.4 Å². The summed E-state index contributed by atoms with van der Waals surface area (Å²) in [5, 5.41) is 30.6. The van der Waals surface area contributed by atoms with Gasteiger partial charge in [-0.2, -0.15) is 0 Å². The molecule has 9 nitrogen and oxygen atoms in total. The molecule has 2 heterocycles. The molecule has 10 heteroatoms. The lowest BCUT2D eigenvalue weighted by atomic mass is 9.95. The Hall–Kier alpha value is -3.92. The number of rotatable bonds is 4. The monoisotopic (exact) mass is 422 g/mol. The second-order valence-electron chi connectivity index (χ2n) is 6.49. The molecular formula is C20H14N4O5S. The Kier molecular flexibility index (Phi) is 4.84. The molecule has 3 aromatic rings. The topological polar surface area (TPSA) is 127 Å². The normalized spacial score (nSPS) is 18.0. The highest BCUT2D eigenvalue weighted by Gasteiger charge is 2.48. The number of hydrogen-bond acceptors (Lipinski definition) is 8. The number of nitrogens with zero attached hydrogens (tertiary/aromatic N) is 4. The molecule has 1 aromatic heterocycles. The van der Waals surface area contributed by atoms with Crippen molar-refractivity contribution in [2.75, 3.05) is 4.90 Å². The third-order valence-electron chi connectivity index (χ3n) is 4.63. The minimum absolute atomic E-state index is 0.118. The number of nitro benzene ring substituents is 1. The van der Waals surface area contributed by atoms with E-state index in [1.807, 2.05) is 0 Å². The number of aryl methyl sites for hydroxylation is 1. The average Bonchev–Trinajstić information content (AvgIpc) is 3.29. The maximum Gasteiger partial charge on any atom is 0.301 e. The van der Waals surface area contributed by atoms with Crippen LogP contribution in [0, 0.1) is 17.0 Å². The van der Waals surface area contributed by atoms with Gasteiger partial charge in [0, 0.05) is 17.7 Å². The van der Waals surface area contributed by atoms with Gasteiger partial charge in [-0.05, 0) is 24.6 Å². The number of amides is 1. The van der Waals surface area contributed by atoms with Crippen LogP contribution < -0.4 is 4.90 Å². The Morgan fingerprint density at radius 3 is 2.33 bits per heavy atom. The molecule has 1 N–H and O–H groups in total. The van der Waals surface area contributed by atoms with Gasteiger partial charge in [-0.15, -0.1) is 10.2 Å². The van der Waals surface area contributed by atoms with Crippen molar-refractivity contribution in [3.8, 4) is 0 Å². The van der Waals surface area contributed by atoms with Crippen LogP contribution in [-0.2, 0) is 9.59 Å². The van der Waals surface area contributed by atoms with Gasteiger partial charge in [0.05, 0.1) is 16.5 Å². The van der Waals surface area contributed by atoms with E-state index in [4.69, 9.17) is 0 Å². The van der Waals surface area contributed by atoms with Gasteiger partial charge in [-0.1, -0.05) is 41.7 Å². The molecule has 1 saturated heterocycles. The molecule has 1 amide bonds. The SMILES string of the molecule is Cc1nnc(N2C(=O)C(=O)C(=C(O)c3ccccc3)[C@H]2c2ccc([N+](=O)[O-])cc2)s1. The molecule has 0 bridgehead atoms. The third-order valence-corrected chi connectivity index (χ3v) is 5.47. The van der Waals surface area contributed by atoms with Crippen molar-refractivity contribution in [2.45, 2.75) is 13.0 Å². The zero-order valence-corrected chi connectivity index (χ0v) is 16.4. The summed E-state index contributed by atoms with van der Waals surface area (Å²) in [6.45, 7) is 1.71. The molecule has 150 valence electrons. The van der Waals surface area contributed by atoms with Crippen molar-refractivity contribution in [2.24, 2.45) is 0 Å². The fourth-order valence-corrected chi connectivity index (χ4v) is 3.97. The minimum Gasteiger partial charge on any atom is -0.507 e. The Morgan fingerprint density at radius 2 is 1.77 bits per heavy atom. The minimum atomic E-state index is -1.00. The molecule has 0 unspecified atom stereocenters. The number of carbonyl (C=O) groups is 2. The first-order chi connectivity index (χ1) is 14.4. The number of aliphatic hydroxyl groups excluding tert-OH is 1. The van der Waals surface area contributed by atoms with E-state index in [2.05, 4.69) is 10.2 Å². The van der Waals surface area contributed by atoms with Crippen molar-refractivity contribution < 1.29 is 19.6 Å². The number of Topliss-reactive ketones (excluding diaryl/α,β-unsaturated/α-hetero) is 1. The lowest BCUT2D eigenvalue weighted by molar-refractivity contribution is -0.384. The van der Waals surface area contributed by atoms with Crippen molar-refractivity contribution in [3.63, 3.8) is 0 Å². The fourth-order valence-electron chi connectivity index (χ4n) is 3.26. The van der Waals surface area contributed by atoms with E-state index < -0.39 is 22.7 Å². The summed E-state index contributed by atoms with van der Waals surface area (Å²) < 4.78 is 0. The summed E-state index contributed by atoms with van der Waals surface area (Å²) in [7, 11) is 0. The van der Waals surface area contributed by atoms with Crippen LogP contribution in [0.4, 0.5) is 10.8 Å². The lowest BCUT2D eigenvalue weighted by Crippen LogP contribution is -2.29. The number of anilines is 1. The molecule has 0 spiro atoms. The summed E-state index contributed by atoms with van der Waals surface area (Å²) in [5.41, 5.74) is 0.541. The van der Waals surface area contributed by atoms with E-state index in [1.165, 1.54) is 29.2 Å². The maximum atomic E-state index is 12.9. The number of aliphatic hydroxyl groups is 1. The highest BCUT2D eigenvalue weighted by Crippen LogP contribution is 2.43. The van der Waals surface area contributed by atoms with Gasteiger partial charge in [0.15, 0.2) is 0 Å². The molecule has 30 heavy (non-hydrogen) atoms. The van der Waals surface area contributed by atoms with E-state index in [0.29, 0.717) is 16.1 Å². The highest BCUT2D eigenvalue weighted by atomic mass is 32.1. The fraction of sp³-hybridized carbons (Fsp3) is 0.100. The molecule has 1 aliphatic rings. The Balaban J connectivity index is 1.93. The van der Waals surface area contributed by atoms with E-state index in [-0.39, 0.29) is 22.2 Å². The number of nitro groups is 1.